The molecule has 0 saturated heterocycles. The van der Waals surface area contributed by atoms with Crippen LogP contribution in [0, 0.1) is 3.57 Å². The predicted molar refractivity (Wildman–Crippen MR) is 104 cm³/mol. The third-order valence-corrected chi connectivity index (χ3v) is 4.51. The normalized spacial score (nSPS) is 10.4. The van der Waals surface area contributed by atoms with Gasteiger partial charge in [-0.15, -0.1) is 0 Å². The van der Waals surface area contributed by atoms with Crippen LogP contribution in [-0.2, 0) is 22.5 Å². The summed E-state index contributed by atoms with van der Waals surface area (Å²) in [7, 11) is 2.93. The number of quaternary nitrogens is 1. The van der Waals surface area contributed by atoms with Crippen molar-refractivity contribution in [3.8, 4) is 11.5 Å². The molecule has 0 aromatic heterocycles. The Balaban J connectivity index is 1.92. The summed E-state index contributed by atoms with van der Waals surface area (Å²) in [5, 5.41) is 2.27. The Morgan fingerprint density at radius 2 is 1.88 bits per heavy atom. The smallest absolute Gasteiger partial charge is 0.343 e. The van der Waals surface area contributed by atoms with E-state index in [1.165, 1.54) is 12.7 Å². The number of halogens is 1. The van der Waals surface area contributed by atoms with Gasteiger partial charge >= 0.3 is 5.97 Å². The summed E-state index contributed by atoms with van der Waals surface area (Å²) in [6, 6.07) is 14.5. The van der Waals surface area contributed by atoms with Crippen molar-refractivity contribution in [1.29, 1.82) is 0 Å². The van der Waals surface area contributed by atoms with E-state index >= 15 is 0 Å². The molecule has 0 atom stereocenters. The van der Waals surface area contributed by atoms with Gasteiger partial charge in [0.2, 0.25) is 0 Å². The summed E-state index contributed by atoms with van der Waals surface area (Å²) in [6.07, 6.45) is 1.04. The minimum atomic E-state index is -0.420. The van der Waals surface area contributed by atoms with Gasteiger partial charge in [0.05, 0.1) is 24.3 Å². The van der Waals surface area contributed by atoms with Crippen molar-refractivity contribution >= 4 is 28.6 Å². The molecule has 0 aliphatic carbocycles. The minimum absolute atomic E-state index is 0.134. The predicted octanol–water partition coefficient (Wildman–Crippen LogP) is 2.16. The average Bonchev–Trinajstić information content (AvgIpc) is 2.64. The highest BCUT2D eigenvalue weighted by atomic mass is 127. The Bertz CT molecular complexity index is 691. The van der Waals surface area contributed by atoms with Crippen molar-refractivity contribution in [3.63, 3.8) is 0 Å². The molecular weight excluding hydrogens is 433 g/mol. The second kappa shape index (κ2) is 10.2. The van der Waals surface area contributed by atoms with Crippen LogP contribution in [0.4, 0.5) is 0 Å². The molecule has 0 radical (unpaired) electrons. The molecule has 0 bridgehead atoms. The second-order valence-corrected chi connectivity index (χ2v) is 6.65. The first-order valence-corrected chi connectivity index (χ1v) is 9.13. The molecule has 2 aromatic rings. The van der Waals surface area contributed by atoms with Crippen LogP contribution >= 0.6 is 22.6 Å². The fraction of sp³-hybridized carbons (Fsp3) is 0.316. The molecule has 0 spiro atoms. The van der Waals surface area contributed by atoms with E-state index in [1.807, 2.05) is 12.1 Å². The highest BCUT2D eigenvalue weighted by Crippen LogP contribution is 2.33. The van der Waals surface area contributed by atoms with Gasteiger partial charge in [0, 0.05) is 12.0 Å². The molecule has 0 aliphatic heterocycles. The van der Waals surface area contributed by atoms with Crippen molar-refractivity contribution in [3.05, 3.63) is 57.2 Å². The minimum Gasteiger partial charge on any atom is -0.493 e. The summed E-state index contributed by atoms with van der Waals surface area (Å²) in [5.74, 6) is 0.778. The zero-order chi connectivity index (χ0) is 18.1. The summed E-state index contributed by atoms with van der Waals surface area (Å²) in [5.41, 5.74) is 2.50. The molecule has 2 aromatic carbocycles. The third-order valence-electron chi connectivity index (χ3n) is 3.71. The number of hydrogen-bond donors (Lipinski definition) is 1. The Morgan fingerprint density at radius 3 is 2.56 bits per heavy atom. The van der Waals surface area contributed by atoms with Crippen LogP contribution in [0.3, 0.4) is 0 Å². The van der Waals surface area contributed by atoms with Crippen LogP contribution in [0.2, 0.25) is 0 Å². The Hall–Kier alpha value is -1.80. The molecule has 0 unspecified atom stereocenters. The Labute approximate surface area is 161 Å². The van der Waals surface area contributed by atoms with Crippen molar-refractivity contribution in [2.75, 3.05) is 27.4 Å². The first-order chi connectivity index (χ1) is 12.1. The van der Waals surface area contributed by atoms with Crippen molar-refractivity contribution in [1.82, 2.24) is 0 Å². The van der Waals surface area contributed by atoms with Gasteiger partial charge in [-0.2, -0.15) is 0 Å². The first-order valence-electron chi connectivity index (χ1n) is 8.05. The second-order valence-electron chi connectivity index (χ2n) is 5.49. The van der Waals surface area contributed by atoms with Gasteiger partial charge in [0.25, 0.3) is 0 Å². The van der Waals surface area contributed by atoms with Crippen molar-refractivity contribution in [2.24, 2.45) is 0 Å². The maximum atomic E-state index is 11.3. The number of rotatable bonds is 9. The topological polar surface area (TPSA) is 61.4 Å². The van der Waals surface area contributed by atoms with Gasteiger partial charge < -0.3 is 19.5 Å². The van der Waals surface area contributed by atoms with E-state index in [9.17, 15) is 4.79 Å². The fourth-order valence-electron chi connectivity index (χ4n) is 2.40. The quantitative estimate of drug-likeness (QED) is 0.357. The molecule has 5 nitrogen and oxygen atoms in total. The van der Waals surface area contributed by atoms with E-state index in [0.29, 0.717) is 11.5 Å². The zero-order valence-corrected chi connectivity index (χ0v) is 16.6. The van der Waals surface area contributed by atoms with Gasteiger partial charge in [-0.1, -0.05) is 30.3 Å². The largest absolute Gasteiger partial charge is 0.493 e. The third kappa shape index (κ3) is 6.21. The SMILES string of the molecule is COC(=O)COc1c(I)cc(C[NH2+]CCc2ccccc2)cc1OC. The Kier molecular flexibility index (Phi) is 8.00. The average molecular weight is 456 g/mol. The zero-order valence-electron chi connectivity index (χ0n) is 14.5. The van der Waals surface area contributed by atoms with Gasteiger partial charge in [-0.25, -0.2) is 4.79 Å². The highest BCUT2D eigenvalue weighted by molar-refractivity contribution is 14.1. The van der Waals surface area contributed by atoms with Crippen LogP contribution in [0.15, 0.2) is 42.5 Å². The van der Waals surface area contributed by atoms with Crippen LogP contribution in [-0.4, -0.2) is 33.3 Å². The lowest BCUT2D eigenvalue weighted by molar-refractivity contribution is -0.670. The van der Waals surface area contributed by atoms with Crippen molar-refractivity contribution < 1.29 is 24.3 Å². The van der Waals surface area contributed by atoms with E-state index in [0.717, 1.165) is 28.6 Å². The van der Waals surface area contributed by atoms with Gasteiger partial charge in [0.1, 0.15) is 6.54 Å². The van der Waals surface area contributed by atoms with E-state index in [4.69, 9.17) is 9.47 Å². The van der Waals surface area contributed by atoms with E-state index in [-0.39, 0.29) is 6.61 Å². The lowest BCUT2D eigenvalue weighted by atomic mass is 10.1. The van der Waals surface area contributed by atoms with Gasteiger partial charge in [-0.05, 0) is 40.3 Å². The molecule has 0 amide bonds. The number of esters is 1. The molecule has 134 valence electrons. The molecule has 0 heterocycles. The van der Waals surface area contributed by atoms with E-state index in [1.54, 1.807) is 7.11 Å². The lowest BCUT2D eigenvalue weighted by Crippen LogP contribution is -2.83. The number of ether oxygens (including phenoxy) is 3. The maximum Gasteiger partial charge on any atom is 0.343 e. The number of hydrogen-bond acceptors (Lipinski definition) is 4. The van der Waals surface area contributed by atoms with Crippen LogP contribution in [0.5, 0.6) is 11.5 Å². The molecule has 6 heteroatoms. The number of methoxy groups -OCH3 is 2. The summed E-state index contributed by atoms with van der Waals surface area (Å²) >= 11 is 2.19. The summed E-state index contributed by atoms with van der Waals surface area (Å²) in [4.78, 5) is 11.3. The maximum absolute atomic E-state index is 11.3. The molecule has 0 fully saturated rings. The number of carbonyl (C=O) groups is 1. The molecule has 0 aliphatic rings. The highest BCUT2D eigenvalue weighted by Gasteiger charge is 2.14. The van der Waals surface area contributed by atoms with E-state index < -0.39 is 5.97 Å². The lowest BCUT2D eigenvalue weighted by Gasteiger charge is -2.13. The van der Waals surface area contributed by atoms with Crippen molar-refractivity contribution in [2.45, 2.75) is 13.0 Å². The summed E-state index contributed by atoms with van der Waals surface area (Å²) in [6.45, 7) is 1.74. The molecule has 25 heavy (non-hydrogen) atoms. The Morgan fingerprint density at radius 1 is 1.12 bits per heavy atom. The molecular formula is C19H23INO4+. The first kappa shape index (κ1) is 19.5. The van der Waals surface area contributed by atoms with Gasteiger partial charge in [0.15, 0.2) is 18.1 Å². The number of nitrogens with two attached hydrogens (primary N) is 1. The van der Waals surface area contributed by atoms with Crippen LogP contribution < -0.4 is 14.8 Å². The monoisotopic (exact) mass is 456 g/mol. The number of benzene rings is 2. The molecule has 2 rings (SSSR count). The molecule has 2 N–H and O–H groups in total. The standard InChI is InChI=1S/C19H22INO4/c1-23-17-11-15(10-16(20)19(17)25-13-18(22)24-2)12-21-9-8-14-6-4-3-5-7-14/h3-7,10-11,21H,8-9,12-13H2,1-2H3/p+1. The number of carbonyl (C=O) groups excluding carboxylic acids is 1. The van der Waals surface area contributed by atoms with Crippen LogP contribution in [0.25, 0.3) is 0 Å². The summed E-state index contributed by atoms with van der Waals surface area (Å²) < 4.78 is 16.5. The fourth-order valence-corrected chi connectivity index (χ4v) is 3.22. The van der Waals surface area contributed by atoms with Gasteiger partial charge in [-0.3, -0.25) is 0 Å². The van der Waals surface area contributed by atoms with Crippen LogP contribution in [0.1, 0.15) is 11.1 Å². The van der Waals surface area contributed by atoms with E-state index in [2.05, 4.69) is 63.0 Å². The molecule has 0 saturated carbocycles.